The molecule has 1 atom stereocenters. The molecule has 0 spiro atoms. The van der Waals surface area contributed by atoms with Crippen LogP contribution in [0.15, 0.2) is 152 Å². The molecule has 5 aromatic rings. The van der Waals surface area contributed by atoms with E-state index in [9.17, 15) is 14.7 Å². The first-order valence-corrected chi connectivity index (χ1v) is 12.9. The third kappa shape index (κ3) is 5.42. The molecule has 39 heavy (non-hydrogen) atoms. The highest BCUT2D eigenvalue weighted by Crippen LogP contribution is 2.36. The van der Waals surface area contributed by atoms with E-state index in [1.165, 1.54) is 0 Å². The van der Waals surface area contributed by atoms with Crippen LogP contribution in [0.2, 0.25) is 0 Å². The molecule has 5 aromatic carbocycles. The van der Waals surface area contributed by atoms with Gasteiger partial charge in [-0.25, -0.2) is 0 Å². The Hall–Kier alpha value is -4.80. The van der Waals surface area contributed by atoms with Crippen LogP contribution < -0.4 is 5.32 Å². The van der Waals surface area contributed by atoms with Crippen LogP contribution in [0.5, 0.6) is 0 Å². The molecule has 0 radical (unpaired) electrons. The zero-order chi connectivity index (χ0) is 27.1. The molecule has 0 saturated heterocycles. The number of amides is 1. The minimum Gasteiger partial charge on any atom is -0.378 e. The van der Waals surface area contributed by atoms with Gasteiger partial charge in [0.1, 0.15) is 11.6 Å². The van der Waals surface area contributed by atoms with E-state index in [0.717, 1.165) is 11.1 Å². The van der Waals surface area contributed by atoms with Gasteiger partial charge >= 0.3 is 0 Å². The summed E-state index contributed by atoms with van der Waals surface area (Å²) in [5.74, 6) is -1.46. The molecule has 0 fully saturated rings. The van der Waals surface area contributed by atoms with Gasteiger partial charge in [-0.3, -0.25) is 9.59 Å². The first-order chi connectivity index (χ1) is 19.1. The van der Waals surface area contributed by atoms with E-state index < -0.39 is 17.6 Å². The molecule has 1 amide bonds. The van der Waals surface area contributed by atoms with Gasteiger partial charge in [0, 0.05) is 5.56 Å². The minimum absolute atomic E-state index is 0.382. The number of aliphatic hydroxyl groups is 1. The summed E-state index contributed by atoms with van der Waals surface area (Å²) >= 11 is 0. The van der Waals surface area contributed by atoms with Crippen molar-refractivity contribution < 1.29 is 14.7 Å². The Morgan fingerprint density at radius 2 is 0.897 bits per heavy atom. The van der Waals surface area contributed by atoms with Crippen molar-refractivity contribution in [2.24, 2.45) is 0 Å². The van der Waals surface area contributed by atoms with Crippen molar-refractivity contribution in [3.05, 3.63) is 179 Å². The van der Waals surface area contributed by atoms with Crippen molar-refractivity contribution in [3.63, 3.8) is 0 Å². The van der Waals surface area contributed by atoms with Gasteiger partial charge in [0.05, 0.1) is 5.92 Å². The summed E-state index contributed by atoms with van der Waals surface area (Å²) in [6, 6.07) is 44.4. The fourth-order valence-electron chi connectivity index (χ4n) is 5.03. The molecule has 0 bridgehead atoms. The lowest BCUT2D eigenvalue weighted by molar-refractivity contribution is -0.123. The van der Waals surface area contributed by atoms with Crippen LogP contribution in [0.4, 0.5) is 0 Å². The highest BCUT2D eigenvalue weighted by molar-refractivity contribution is 6.04. The Kier molecular flexibility index (Phi) is 7.76. The van der Waals surface area contributed by atoms with E-state index in [4.69, 9.17) is 0 Å². The maximum Gasteiger partial charge on any atom is 0.232 e. The standard InChI is InChI=1S/C35H29NO3/c37-32(28-20-10-3-11-21-28)33(35(39,29-22-12-4-13-23-29)30-24-14-5-15-25-30)36-34(38)31(26-16-6-1-7-17-26)27-18-8-2-9-19-27/h1-25,31,33,39H,(H,36,38)/t33-/m0/s1. The number of rotatable bonds is 9. The van der Waals surface area contributed by atoms with Crippen molar-refractivity contribution in [2.45, 2.75) is 17.6 Å². The smallest absolute Gasteiger partial charge is 0.232 e. The third-order valence-corrected chi connectivity index (χ3v) is 6.98. The predicted molar refractivity (Wildman–Crippen MR) is 153 cm³/mol. The Bertz CT molecular complexity index is 1430. The van der Waals surface area contributed by atoms with Crippen molar-refractivity contribution in [1.29, 1.82) is 0 Å². The Labute approximate surface area is 228 Å². The van der Waals surface area contributed by atoms with Crippen LogP contribution in [0.1, 0.15) is 38.5 Å². The topological polar surface area (TPSA) is 66.4 Å². The molecular weight excluding hydrogens is 482 g/mol. The molecule has 4 nitrogen and oxygen atoms in total. The summed E-state index contributed by atoms with van der Waals surface area (Å²) in [7, 11) is 0. The number of carbonyl (C=O) groups is 2. The zero-order valence-corrected chi connectivity index (χ0v) is 21.4. The Morgan fingerprint density at radius 3 is 1.31 bits per heavy atom. The molecule has 0 aliphatic rings. The summed E-state index contributed by atoms with van der Waals surface area (Å²) in [6.45, 7) is 0. The molecule has 5 rings (SSSR count). The maximum absolute atomic E-state index is 14.2. The lowest BCUT2D eigenvalue weighted by Gasteiger charge is -2.37. The second-order valence-electron chi connectivity index (χ2n) is 9.42. The molecule has 0 heterocycles. The van der Waals surface area contributed by atoms with Gasteiger partial charge in [0.2, 0.25) is 5.91 Å². The van der Waals surface area contributed by atoms with Gasteiger partial charge in [-0.2, -0.15) is 0 Å². The van der Waals surface area contributed by atoms with E-state index in [2.05, 4.69) is 5.32 Å². The monoisotopic (exact) mass is 511 g/mol. The predicted octanol–water partition coefficient (Wildman–Crippen LogP) is 6.12. The quantitative estimate of drug-likeness (QED) is 0.234. The van der Waals surface area contributed by atoms with Crippen molar-refractivity contribution in [2.75, 3.05) is 0 Å². The number of hydrogen-bond donors (Lipinski definition) is 2. The number of hydrogen-bond acceptors (Lipinski definition) is 3. The molecule has 192 valence electrons. The van der Waals surface area contributed by atoms with E-state index >= 15 is 0 Å². The summed E-state index contributed by atoms with van der Waals surface area (Å²) in [5.41, 5.74) is 1.13. The minimum atomic E-state index is -1.84. The van der Waals surface area contributed by atoms with Gasteiger partial charge in [-0.1, -0.05) is 152 Å². The Morgan fingerprint density at radius 1 is 0.538 bits per heavy atom. The first kappa shape index (κ1) is 25.8. The average Bonchev–Trinajstić information content (AvgIpc) is 3.01. The van der Waals surface area contributed by atoms with Gasteiger partial charge in [0.25, 0.3) is 0 Å². The average molecular weight is 512 g/mol. The van der Waals surface area contributed by atoms with Gasteiger partial charge in [-0.15, -0.1) is 0 Å². The van der Waals surface area contributed by atoms with E-state index in [-0.39, 0.29) is 11.7 Å². The van der Waals surface area contributed by atoms with Crippen molar-refractivity contribution >= 4 is 11.7 Å². The van der Waals surface area contributed by atoms with Gasteiger partial charge < -0.3 is 10.4 Å². The van der Waals surface area contributed by atoms with Crippen LogP contribution in [-0.4, -0.2) is 22.8 Å². The molecule has 2 N–H and O–H groups in total. The SMILES string of the molecule is O=C(N[C@@H](C(=O)c1ccccc1)C(O)(c1ccccc1)c1ccccc1)C(c1ccccc1)c1ccccc1. The van der Waals surface area contributed by atoms with Crippen molar-refractivity contribution in [3.8, 4) is 0 Å². The summed E-state index contributed by atoms with van der Waals surface area (Å²) in [4.78, 5) is 28.4. The van der Waals surface area contributed by atoms with Gasteiger partial charge in [-0.05, 0) is 22.3 Å². The third-order valence-electron chi connectivity index (χ3n) is 6.98. The second-order valence-corrected chi connectivity index (χ2v) is 9.42. The summed E-state index contributed by atoms with van der Waals surface area (Å²) in [6.07, 6.45) is 0. The lowest BCUT2D eigenvalue weighted by Crippen LogP contribution is -2.56. The summed E-state index contributed by atoms with van der Waals surface area (Å²) in [5, 5.41) is 15.6. The molecule has 0 aliphatic carbocycles. The van der Waals surface area contributed by atoms with Crippen LogP contribution >= 0.6 is 0 Å². The van der Waals surface area contributed by atoms with E-state index in [1.54, 1.807) is 48.5 Å². The molecule has 0 aliphatic heterocycles. The number of carbonyl (C=O) groups excluding carboxylic acids is 2. The van der Waals surface area contributed by atoms with Crippen molar-refractivity contribution in [1.82, 2.24) is 5.32 Å². The van der Waals surface area contributed by atoms with Crippen LogP contribution in [0, 0.1) is 0 Å². The largest absolute Gasteiger partial charge is 0.378 e. The highest BCUT2D eigenvalue weighted by Gasteiger charge is 2.46. The lowest BCUT2D eigenvalue weighted by atomic mass is 9.76. The molecule has 4 heteroatoms. The molecule has 0 unspecified atom stereocenters. The molecule has 0 saturated carbocycles. The van der Waals surface area contributed by atoms with Crippen LogP contribution in [0.3, 0.4) is 0 Å². The molecular formula is C35H29NO3. The van der Waals surface area contributed by atoms with Crippen LogP contribution in [-0.2, 0) is 10.4 Å². The normalized spacial score (nSPS) is 12.1. The number of ketones is 1. The fourth-order valence-corrected chi connectivity index (χ4v) is 5.03. The van der Waals surface area contributed by atoms with Crippen LogP contribution in [0.25, 0.3) is 0 Å². The highest BCUT2D eigenvalue weighted by atomic mass is 16.3. The number of benzene rings is 5. The fraction of sp³-hybridized carbons (Fsp3) is 0.0857. The zero-order valence-electron chi connectivity index (χ0n) is 21.4. The number of nitrogens with one attached hydrogen (secondary N) is 1. The summed E-state index contributed by atoms with van der Waals surface area (Å²) < 4.78 is 0. The molecule has 0 aromatic heterocycles. The van der Waals surface area contributed by atoms with E-state index in [1.807, 2.05) is 103 Å². The second kappa shape index (κ2) is 11.7. The van der Waals surface area contributed by atoms with Gasteiger partial charge in [0.15, 0.2) is 5.78 Å². The first-order valence-electron chi connectivity index (χ1n) is 12.9. The Balaban J connectivity index is 1.66. The number of Topliss-reactive ketones (excluding diaryl/α,β-unsaturated/α-hetero) is 1. The van der Waals surface area contributed by atoms with E-state index in [0.29, 0.717) is 16.7 Å². The maximum atomic E-state index is 14.2.